The lowest BCUT2D eigenvalue weighted by atomic mass is 10.1. The number of benzene rings is 1. The van der Waals surface area contributed by atoms with Crippen molar-refractivity contribution in [3.05, 3.63) is 59.6 Å². The van der Waals surface area contributed by atoms with Crippen LogP contribution in [-0.2, 0) is 17.6 Å². The highest BCUT2D eigenvalue weighted by Gasteiger charge is 2.13. The van der Waals surface area contributed by atoms with E-state index < -0.39 is 0 Å². The molecule has 0 spiro atoms. The topological polar surface area (TPSA) is 110 Å². The molecule has 3 rings (SSSR count). The molecule has 0 fully saturated rings. The fourth-order valence-corrected chi connectivity index (χ4v) is 3.05. The van der Waals surface area contributed by atoms with Crippen molar-refractivity contribution in [2.45, 2.75) is 39.7 Å². The minimum absolute atomic E-state index is 0.103. The standard InChI is InChI=1S/C20H23N3O2.CH3NO/c1-4-16-17-7-6-15(12-19(17)25-18(16)5-2)23-20(24)22-13(3)14-8-10-21-11-9-14;2-1-3/h6-13H,4-5H2,1-3H3,(H2,22,23,24);1H,(H2,2,3). The van der Waals surface area contributed by atoms with E-state index in [1.165, 1.54) is 5.56 Å². The summed E-state index contributed by atoms with van der Waals surface area (Å²) in [5.74, 6) is 1.02. The SMILES string of the molecule is CCc1oc2cc(NC(=O)NC(C)c3ccncc3)ccc2c1CC.NC=O. The van der Waals surface area contributed by atoms with Gasteiger partial charge in [-0.1, -0.05) is 13.8 Å². The number of primary amides is 1. The number of aromatic nitrogens is 1. The number of furan rings is 1. The van der Waals surface area contributed by atoms with E-state index >= 15 is 0 Å². The van der Waals surface area contributed by atoms with E-state index in [0.29, 0.717) is 5.69 Å². The number of nitrogens with two attached hydrogens (primary N) is 1. The second kappa shape index (κ2) is 10.1. The van der Waals surface area contributed by atoms with Gasteiger partial charge in [-0.05, 0) is 43.2 Å². The van der Waals surface area contributed by atoms with E-state index in [4.69, 9.17) is 9.21 Å². The largest absolute Gasteiger partial charge is 0.461 e. The second-order valence-corrected chi connectivity index (χ2v) is 6.16. The summed E-state index contributed by atoms with van der Waals surface area (Å²) in [6, 6.07) is 9.22. The Morgan fingerprint density at radius 2 is 1.89 bits per heavy atom. The first-order valence-corrected chi connectivity index (χ1v) is 9.21. The maximum Gasteiger partial charge on any atom is 0.319 e. The minimum atomic E-state index is -0.248. The van der Waals surface area contributed by atoms with Gasteiger partial charge in [0.2, 0.25) is 6.41 Å². The number of nitrogens with zero attached hydrogens (tertiary/aromatic N) is 1. The summed E-state index contributed by atoms with van der Waals surface area (Å²) in [5, 5.41) is 6.92. The first kappa shape index (κ1) is 21.0. The molecule has 4 N–H and O–H groups in total. The van der Waals surface area contributed by atoms with Crippen molar-refractivity contribution in [3.63, 3.8) is 0 Å². The van der Waals surface area contributed by atoms with Crippen LogP contribution >= 0.6 is 0 Å². The quantitative estimate of drug-likeness (QED) is 0.581. The number of aryl methyl sites for hydroxylation is 2. The molecule has 0 radical (unpaired) electrons. The molecule has 28 heavy (non-hydrogen) atoms. The Balaban J connectivity index is 0.000000878. The third-order valence-corrected chi connectivity index (χ3v) is 4.36. The first-order chi connectivity index (χ1) is 13.5. The Hall–Kier alpha value is -3.35. The Bertz CT molecular complexity index is 922. The van der Waals surface area contributed by atoms with Gasteiger partial charge in [-0.15, -0.1) is 0 Å². The van der Waals surface area contributed by atoms with E-state index in [9.17, 15) is 4.79 Å². The number of fused-ring (bicyclic) bond motifs is 1. The van der Waals surface area contributed by atoms with Crippen molar-refractivity contribution >= 4 is 29.1 Å². The average Bonchev–Trinajstić information content (AvgIpc) is 3.06. The summed E-state index contributed by atoms with van der Waals surface area (Å²) in [5.41, 5.74) is 7.95. The van der Waals surface area contributed by atoms with E-state index in [0.717, 1.165) is 35.1 Å². The van der Waals surface area contributed by atoms with Gasteiger partial charge < -0.3 is 20.8 Å². The molecule has 2 heterocycles. The van der Waals surface area contributed by atoms with E-state index in [2.05, 4.69) is 35.2 Å². The fourth-order valence-electron chi connectivity index (χ4n) is 3.05. The van der Waals surface area contributed by atoms with Gasteiger partial charge in [0, 0.05) is 41.5 Å². The van der Waals surface area contributed by atoms with E-state index in [1.807, 2.05) is 37.3 Å². The number of hydrogen-bond acceptors (Lipinski definition) is 4. The van der Waals surface area contributed by atoms with Crippen LogP contribution < -0.4 is 16.4 Å². The predicted octanol–water partition coefficient (Wildman–Crippen LogP) is 3.94. The molecule has 0 saturated heterocycles. The summed E-state index contributed by atoms with van der Waals surface area (Å²) in [4.78, 5) is 24.8. The molecule has 0 bridgehead atoms. The van der Waals surface area contributed by atoms with Crippen molar-refractivity contribution in [2.75, 3.05) is 5.32 Å². The van der Waals surface area contributed by atoms with Crippen molar-refractivity contribution in [1.29, 1.82) is 0 Å². The number of rotatable bonds is 5. The number of carbonyl (C=O) groups excluding carboxylic acids is 2. The maximum atomic E-state index is 12.2. The number of urea groups is 1. The molecule has 7 heteroatoms. The molecule has 3 amide bonds. The van der Waals surface area contributed by atoms with Gasteiger partial charge in [0.1, 0.15) is 11.3 Å². The zero-order valence-corrected chi connectivity index (χ0v) is 16.4. The van der Waals surface area contributed by atoms with Crippen molar-refractivity contribution in [2.24, 2.45) is 5.73 Å². The Morgan fingerprint density at radius 1 is 1.21 bits per heavy atom. The van der Waals surface area contributed by atoms with E-state index in [-0.39, 0.29) is 18.5 Å². The van der Waals surface area contributed by atoms with Gasteiger partial charge in [0.15, 0.2) is 0 Å². The third-order valence-electron chi connectivity index (χ3n) is 4.36. The molecule has 148 valence electrons. The monoisotopic (exact) mass is 382 g/mol. The number of nitrogens with one attached hydrogen (secondary N) is 2. The van der Waals surface area contributed by atoms with Crippen LogP contribution in [-0.4, -0.2) is 17.4 Å². The van der Waals surface area contributed by atoms with Crippen LogP contribution in [0.25, 0.3) is 11.0 Å². The highest BCUT2D eigenvalue weighted by Crippen LogP contribution is 2.29. The van der Waals surface area contributed by atoms with Gasteiger partial charge in [0.05, 0.1) is 6.04 Å². The van der Waals surface area contributed by atoms with Crippen LogP contribution in [0.4, 0.5) is 10.5 Å². The fraction of sp³-hybridized carbons (Fsp3) is 0.286. The minimum Gasteiger partial charge on any atom is -0.461 e. The highest BCUT2D eigenvalue weighted by molar-refractivity contribution is 5.93. The van der Waals surface area contributed by atoms with Crippen LogP contribution in [0.5, 0.6) is 0 Å². The van der Waals surface area contributed by atoms with Crippen molar-refractivity contribution < 1.29 is 14.0 Å². The van der Waals surface area contributed by atoms with Gasteiger partial charge in [-0.2, -0.15) is 0 Å². The number of carbonyl (C=O) groups is 2. The summed E-state index contributed by atoms with van der Waals surface area (Å²) in [7, 11) is 0. The van der Waals surface area contributed by atoms with E-state index in [1.54, 1.807) is 12.4 Å². The lowest BCUT2D eigenvalue weighted by Gasteiger charge is -2.14. The number of hydrogen-bond donors (Lipinski definition) is 3. The number of amides is 3. The molecular weight excluding hydrogens is 356 g/mol. The molecule has 1 atom stereocenters. The molecule has 3 aromatic rings. The molecule has 0 aliphatic carbocycles. The lowest BCUT2D eigenvalue weighted by Crippen LogP contribution is -2.31. The Morgan fingerprint density at radius 3 is 2.50 bits per heavy atom. The molecular formula is C21H26N4O3. The van der Waals surface area contributed by atoms with Crippen molar-refractivity contribution in [1.82, 2.24) is 10.3 Å². The third kappa shape index (κ3) is 5.09. The van der Waals surface area contributed by atoms with Crippen LogP contribution in [0.3, 0.4) is 0 Å². The van der Waals surface area contributed by atoms with Gasteiger partial charge >= 0.3 is 6.03 Å². The van der Waals surface area contributed by atoms with Gasteiger partial charge in [0.25, 0.3) is 0 Å². The van der Waals surface area contributed by atoms with Gasteiger partial charge in [-0.3, -0.25) is 9.78 Å². The van der Waals surface area contributed by atoms with Crippen molar-refractivity contribution in [3.8, 4) is 0 Å². The van der Waals surface area contributed by atoms with Gasteiger partial charge in [-0.25, -0.2) is 4.79 Å². The summed E-state index contributed by atoms with van der Waals surface area (Å²) in [6.45, 7) is 6.15. The molecule has 1 unspecified atom stereocenters. The normalized spacial score (nSPS) is 11.2. The predicted molar refractivity (Wildman–Crippen MR) is 110 cm³/mol. The molecule has 0 aliphatic heterocycles. The Labute approximate surface area is 164 Å². The number of pyridine rings is 1. The molecule has 2 aromatic heterocycles. The molecule has 1 aromatic carbocycles. The molecule has 0 saturated carbocycles. The van der Waals surface area contributed by atoms with Crippen LogP contribution in [0.2, 0.25) is 0 Å². The summed E-state index contributed by atoms with van der Waals surface area (Å²) >= 11 is 0. The molecule has 7 nitrogen and oxygen atoms in total. The number of anilines is 1. The zero-order chi connectivity index (χ0) is 20.5. The van der Waals surface area contributed by atoms with Crippen LogP contribution in [0.1, 0.15) is 43.7 Å². The smallest absolute Gasteiger partial charge is 0.319 e. The first-order valence-electron chi connectivity index (χ1n) is 9.21. The second-order valence-electron chi connectivity index (χ2n) is 6.16. The average molecular weight is 382 g/mol. The Kier molecular flexibility index (Phi) is 7.56. The summed E-state index contributed by atoms with van der Waals surface area (Å²) in [6.07, 6.45) is 5.48. The zero-order valence-electron chi connectivity index (χ0n) is 16.4. The highest BCUT2D eigenvalue weighted by atomic mass is 16.3. The maximum absolute atomic E-state index is 12.2. The molecule has 0 aliphatic rings. The lowest BCUT2D eigenvalue weighted by molar-refractivity contribution is -0.106. The summed E-state index contributed by atoms with van der Waals surface area (Å²) < 4.78 is 5.93. The van der Waals surface area contributed by atoms with Crippen LogP contribution in [0.15, 0.2) is 47.1 Å². The van der Waals surface area contributed by atoms with Crippen LogP contribution in [0, 0.1) is 0 Å².